The van der Waals surface area contributed by atoms with E-state index in [9.17, 15) is 0 Å². The Morgan fingerprint density at radius 1 is 1.22 bits per heavy atom. The minimum absolute atomic E-state index is 0.614. The lowest BCUT2D eigenvalue weighted by Crippen LogP contribution is -1.89. The molecule has 2 heterocycles. The first-order valence-corrected chi connectivity index (χ1v) is 5.98. The Bertz CT molecular complexity index is 706. The zero-order valence-corrected chi connectivity index (χ0v) is 10.5. The number of rotatable bonds is 2. The molecule has 1 N–H and O–H groups in total. The van der Waals surface area contributed by atoms with Crippen molar-refractivity contribution in [3.8, 4) is 11.5 Å². The van der Waals surface area contributed by atoms with Crippen LogP contribution in [-0.4, -0.2) is 12.0 Å². The Balaban J connectivity index is 2.16. The lowest BCUT2D eigenvalue weighted by molar-refractivity contribution is 0.629. The summed E-state index contributed by atoms with van der Waals surface area (Å²) in [6.07, 6.45) is 1.75. The van der Waals surface area contributed by atoms with Crippen LogP contribution in [0.3, 0.4) is 0 Å². The van der Waals surface area contributed by atoms with Gasteiger partial charge < -0.3 is 9.73 Å². The third-order valence-corrected chi connectivity index (χ3v) is 3.09. The van der Waals surface area contributed by atoms with Crippen LogP contribution in [0.25, 0.3) is 22.4 Å². The fourth-order valence-corrected chi connectivity index (χ4v) is 2.09. The van der Waals surface area contributed by atoms with Crippen LogP contribution in [0.1, 0.15) is 0 Å². The van der Waals surface area contributed by atoms with E-state index in [1.165, 1.54) is 0 Å². The average molecular weight is 259 g/mol. The zero-order chi connectivity index (χ0) is 12.5. The van der Waals surface area contributed by atoms with Crippen molar-refractivity contribution in [2.24, 2.45) is 0 Å². The van der Waals surface area contributed by atoms with Gasteiger partial charge in [0.05, 0.1) is 5.02 Å². The van der Waals surface area contributed by atoms with E-state index in [2.05, 4.69) is 10.3 Å². The molecule has 0 fully saturated rings. The van der Waals surface area contributed by atoms with Crippen LogP contribution in [-0.2, 0) is 0 Å². The third-order valence-electron chi connectivity index (χ3n) is 2.80. The molecule has 90 valence electrons. The van der Waals surface area contributed by atoms with Crippen LogP contribution in [0.4, 0.5) is 5.69 Å². The van der Waals surface area contributed by atoms with Crippen LogP contribution >= 0.6 is 11.6 Å². The summed E-state index contributed by atoms with van der Waals surface area (Å²) in [5.74, 6) is 0.718. The van der Waals surface area contributed by atoms with E-state index in [1.54, 1.807) is 6.20 Å². The fourth-order valence-electron chi connectivity index (χ4n) is 1.87. The number of halogens is 1. The molecule has 0 unspecified atom stereocenters. The van der Waals surface area contributed by atoms with Crippen molar-refractivity contribution in [2.75, 3.05) is 12.4 Å². The maximum absolute atomic E-state index is 6.09. The van der Waals surface area contributed by atoms with Crippen LogP contribution < -0.4 is 5.32 Å². The normalized spacial score (nSPS) is 10.8. The van der Waals surface area contributed by atoms with Crippen molar-refractivity contribution in [3.63, 3.8) is 0 Å². The number of nitrogens with one attached hydrogen (secondary N) is 1. The number of hydrogen-bond donors (Lipinski definition) is 1. The number of pyridine rings is 1. The number of fused-ring (bicyclic) bond motifs is 1. The van der Waals surface area contributed by atoms with Crippen LogP contribution in [0, 0.1) is 0 Å². The molecule has 0 aliphatic heterocycles. The van der Waals surface area contributed by atoms with E-state index in [0.29, 0.717) is 10.6 Å². The minimum atomic E-state index is 0.614. The molecule has 0 atom stereocenters. The Morgan fingerprint density at radius 3 is 2.89 bits per heavy atom. The molecular weight excluding hydrogens is 248 g/mol. The van der Waals surface area contributed by atoms with Crippen molar-refractivity contribution in [1.29, 1.82) is 0 Å². The van der Waals surface area contributed by atoms with E-state index < -0.39 is 0 Å². The standard InChI is InChI=1S/C14H11ClN2O/c1-16-10-5-6-17-12(8-10)13-7-9-3-2-4-11(15)14(9)18-13/h2-8H,1H3,(H,16,17). The topological polar surface area (TPSA) is 38.1 Å². The SMILES string of the molecule is CNc1ccnc(-c2cc3cccc(Cl)c3o2)c1. The molecule has 0 spiro atoms. The Kier molecular flexibility index (Phi) is 2.68. The average Bonchev–Trinajstić information content (AvgIpc) is 2.84. The van der Waals surface area contributed by atoms with Crippen LogP contribution in [0.15, 0.2) is 47.0 Å². The predicted molar refractivity (Wildman–Crippen MR) is 74.0 cm³/mol. The molecule has 1 aromatic carbocycles. The molecule has 3 aromatic rings. The van der Waals surface area contributed by atoms with Crippen molar-refractivity contribution in [3.05, 3.63) is 47.6 Å². The van der Waals surface area contributed by atoms with E-state index in [-0.39, 0.29) is 0 Å². The second kappa shape index (κ2) is 4.35. The van der Waals surface area contributed by atoms with Crippen molar-refractivity contribution >= 4 is 28.3 Å². The summed E-state index contributed by atoms with van der Waals surface area (Å²) in [7, 11) is 1.87. The quantitative estimate of drug-likeness (QED) is 0.749. The highest BCUT2D eigenvalue weighted by Gasteiger charge is 2.09. The molecule has 0 radical (unpaired) electrons. The van der Waals surface area contributed by atoms with Gasteiger partial charge in [0.1, 0.15) is 5.69 Å². The number of anilines is 1. The van der Waals surface area contributed by atoms with Gasteiger partial charge in [0, 0.05) is 24.3 Å². The maximum Gasteiger partial charge on any atom is 0.153 e. The van der Waals surface area contributed by atoms with Gasteiger partial charge in [-0.05, 0) is 24.3 Å². The van der Waals surface area contributed by atoms with Gasteiger partial charge in [0.25, 0.3) is 0 Å². The zero-order valence-electron chi connectivity index (χ0n) is 9.77. The van der Waals surface area contributed by atoms with Gasteiger partial charge >= 0.3 is 0 Å². The van der Waals surface area contributed by atoms with E-state index in [4.69, 9.17) is 16.0 Å². The van der Waals surface area contributed by atoms with Gasteiger partial charge in [-0.3, -0.25) is 4.98 Å². The lowest BCUT2D eigenvalue weighted by atomic mass is 10.2. The van der Waals surface area contributed by atoms with Gasteiger partial charge in [-0.2, -0.15) is 0 Å². The second-order valence-electron chi connectivity index (χ2n) is 3.95. The second-order valence-corrected chi connectivity index (χ2v) is 4.36. The van der Waals surface area contributed by atoms with Gasteiger partial charge in [-0.15, -0.1) is 0 Å². The van der Waals surface area contributed by atoms with Gasteiger partial charge in [0.2, 0.25) is 0 Å². The molecule has 3 nitrogen and oxygen atoms in total. The number of nitrogens with zero attached hydrogens (tertiary/aromatic N) is 1. The van der Waals surface area contributed by atoms with Gasteiger partial charge in [-0.25, -0.2) is 0 Å². The number of para-hydroxylation sites is 1. The van der Waals surface area contributed by atoms with E-state index >= 15 is 0 Å². The fraction of sp³-hybridized carbons (Fsp3) is 0.0714. The summed E-state index contributed by atoms with van der Waals surface area (Å²) in [5, 5.41) is 4.67. The van der Waals surface area contributed by atoms with Crippen LogP contribution in [0.5, 0.6) is 0 Å². The molecule has 0 amide bonds. The summed E-state index contributed by atoms with van der Waals surface area (Å²) < 4.78 is 5.76. The van der Waals surface area contributed by atoms with Gasteiger partial charge in [0.15, 0.2) is 11.3 Å². The molecule has 0 saturated carbocycles. The molecule has 0 aliphatic rings. The molecule has 0 aliphatic carbocycles. The van der Waals surface area contributed by atoms with E-state index in [1.807, 2.05) is 43.4 Å². The highest BCUT2D eigenvalue weighted by atomic mass is 35.5. The smallest absolute Gasteiger partial charge is 0.153 e. The Morgan fingerprint density at radius 2 is 2.11 bits per heavy atom. The largest absolute Gasteiger partial charge is 0.453 e. The van der Waals surface area contributed by atoms with Crippen molar-refractivity contribution in [2.45, 2.75) is 0 Å². The first-order chi connectivity index (χ1) is 8.78. The van der Waals surface area contributed by atoms with E-state index in [0.717, 1.165) is 22.5 Å². The monoisotopic (exact) mass is 258 g/mol. The lowest BCUT2D eigenvalue weighted by Gasteiger charge is -2.00. The third kappa shape index (κ3) is 1.83. The molecular formula is C14H11ClN2O. The molecule has 2 aromatic heterocycles. The number of furan rings is 1. The van der Waals surface area contributed by atoms with Crippen molar-refractivity contribution < 1.29 is 4.42 Å². The summed E-state index contributed by atoms with van der Waals surface area (Å²) in [6.45, 7) is 0. The number of benzene rings is 1. The molecule has 0 bridgehead atoms. The summed E-state index contributed by atoms with van der Waals surface area (Å²) >= 11 is 6.09. The Hall–Kier alpha value is -2.00. The first-order valence-electron chi connectivity index (χ1n) is 5.60. The summed E-state index contributed by atoms with van der Waals surface area (Å²) in [4.78, 5) is 4.31. The van der Waals surface area contributed by atoms with Gasteiger partial charge in [-0.1, -0.05) is 23.7 Å². The highest BCUT2D eigenvalue weighted by Crippen LogP contribution is 2.31. The molecule has 3 rings (SSSR count). The van der Waals surface area contributed by atoms with Crippen molar-refractivity contribution in [1.82, 2.24) is 4.98 Å². The summed E-state index contributed by atoms with van der Waals surface area (Å²) in [5.41, 5.74) is 2.48. The Labute approximate surface area is 109 Å². The molecule has 0 saturated heterocycles. The predicted octanol–water partition coefficient (Wildman–Crippen LogP) is 4.19. The number of hydrogen-bond acceptors (Lipinski definition) is 3. The highest BCUT2D eigenvalue weighted by molar-refractivity contribution is 6.34. The minimum Gasteiger partial charge on any atom is -0.453 e. The molecule has 4 heteroatoms. The first kappa shape index (κ1) is 11.1. The molecule has 18 heavy (non-hydrogen) atoms. The van der Waals surface area contributed by atoms with Crippen LogP contribution in [0.2, 0.25) is 5.02 Å². The summed E-state index contributed by atoms with van der Waals surface area (Å²) in [6, 6.07) is 11.5. The number of aromatic nitrogens is 1. The maximum atomic E-state index is 6.09.